The van der Waals surface area contributed by atoms with Crippen molar-refractivity contribution >= 4 is 18.3 Å². The summed E-state index contributed by atoms with van der Waals surface area (Å²) in [5.74, 6) is -1.70. The predicted molar refractivity (Wildman–Crippen MR) is 172 cm³/mol. The van der Waals surface area contributed by atoms with Crippen molar-refractivity contribution < 1.29 is 18.7 Å². The first kappa shape index (κ1) is 34.6. The van der Waals surface area contributed by atoms with Crippen molar-refractivity contribution in [2.75, 3.05) is 20.1 Å². The third-order valence-corrected chi connectivity index (χ3v) is 8.19. The third-order valence-electron chi connectivity index (χ3n) is 8.19. The van der Waals surface area contributed by atoms with E-state index < -0.39 is 23.8 Å². The summed E-state index contributed by atoms with van der Waals surface area (Å²) in [5.41, 5.74) is 5.12. The summed E-state index contributed by atoms with van der Waals surface area (Å²) < 4.78 is 28.1. The van der Waals surface area contributed by atoms with Crippen LogP contribution in [0.2, 0.25) is 0 Å². The Hall–Kier alpha value is -2.84. The highest BCUT2D eigenvalue weighted by Crippen LogP contribution is 2.45. The number of hydrogen-bond donors (Lipinski definition) is 3. The average molecular weight is 614 g/mol. The van der Waals surface area contributed by atoms with Gasteiger partial charge in [-0.25, -0.2) is 8.78 Å². The maximum atomic E-state index is 14.0. The Morgan fingerprint density at radius 2 is 1.72 bits per heavy atom. The molecule has 1 aliphatic carbocycles. The van der Waals surface area contributed by atoms with Crippen molar-refractivity contribution in [2.45, 2.75) is 83.5 Å². The van der Waals surface area contributed by atoms with E-state index in [0.717, 1.165) is 62.4 Å². The Balaban J connectivity index is 0.00000506. The van der Waals surface area contributed by atoms with Crippen molar-refractivity contribution in [1.82, 2.24) is 15.5 Å². The number of aliphatic hydroxyl groups excluding tert-OH is 1. The lowest BCUT2D eigenvalue weighted by molar-refractivity contribution is 0.0821. The van der Waals surface area contributed by atoms with Gasteiger partial charge >= 0.3 is 0 Å². The highest BCUT2D eigenvalue weighted by Gasteiger charge is 2.44. The lowest BCUT2D eigenvalue weighted by atomic mass is 9.97. The zero-order valence-electron chi connectivity index (χ0n) is 25.8. The van der Waals surface area contributed by atoms with Crippen LogP contribution in [-0.4, -0.2) is 48.2 Å². The summed E-state index contributed by atoms with van der Waals surface area (Å²) >= 11 is 0. The molecule has 8 heteroatoms. The maximum Gasteiger partial charge on any atom is 0.251 e. The molecule has 1 fully saturated rings. The first-order chi connectivity index (χ1) is 20.1. The maximum absolute atomic E-state index is 14.0. The number of amides is 1. The van der Waals surface area contributed by atoms with Gasteiger partial charge in [-0.1, -0.05) is 56.2 Å². The molecule has 1 aliphatic rings. The molecule has 3 aromatic rings. The van der Waals surface area contributed by atoms with E-state index in [1.165, 1.54) is 23.3 Å². The summed E-state index contributed by atoms with van der Waals surface area (Å²) in [5, 5.41) is 17.9. The number of nitrogens with one attached hydrogen (secondary N) is 2. The van der Waals surface area contributed by atoms with Gasteiger partial charge in [0.05, 0.1) is 12.1 Å². The molecule has 0 bridgehead atoms. The Morgan fingerprint density at radius 3 is 2.37 bits per heavy atom. The fourth-order valence-electron chi connectivity index (χ4n) is 5.64. The Labute approximate surface area is 261 Å². The Morgan fingerprint density at radius 1 is 1.00 bits per heavy atom. The van der Waals surface area contributed by atoms with E-state index in [2.05, 4.69) is 66.8 Å². The fraction of sp³-hybridized carbons (Fsp3) is 0.457. The molecular weight excluding hydrogens is 568 g/mol. The second-order valence-electron chi connectivity index (χ2n) is 11.9. The van der Waals surface area contributed by atoms with Gasteiger partial charge in [-0.3, -0.25) is 4.79 Å². The van der Waals surface area contributed by atoms with Crippen LogP contribution in [-0.2, 0) is 24.9 Å². The zero-order chi connectivity index (χ0) is 30.3. The lowest BCUT2D eigenvalue weighted by Gasteiger charge is -2.28. The normalized spacial score (nSPS) is 15.1. The first-order valence-electron chi connectivity index (χ1n) is 15.2. The van der Waals surface area contributed by atoms with Crippen LogP contribution in [0.25, 0.3) is 0 Å². The Kier molecular flexibility index (Phi) is 12.7. The van der Waals surface area contributed by atoms with E-state index in [0.29, 0.717) is 11.1 Å². The van der Waals surface area contributed by atoms with Gasteiger partial charge in [-0.05, 0) is 99.1 Å². The second-order valence-corrected chi connectivity index (χ2v) is 11.9. The van der Waals surface area contributed by atoms with Crippen LogP contribution in [0.3, 0.4) is 0 Å². The van der Waals surface area contributed by atoms with E-state index in [9.17, 15) is 18.7 Å². The highest BCUT2D eigenvalue weighted by atomic mass is 35.5. The molecule has 1 amide bonds. The molecule has 0 saturated heterocycles. The summed E-state index contributed by atoms with van der Waals surface area (Å²) in [7, 11) is 2.07. The predicted octanol–water partition coefficient (Wildman–Crippen LogP) is 6.47. The minimum absolute atomic E-state index is 0. The largest absolute Gasteiger partial charge is 0.390 e. The molecule has 5 nitrogen and oxygen atoms in total. The van der Waals surface area contributed by atoms with Crippen molar-refractivity contribution in [3.05, 3.63) is 106 Å². The number of benzene rings is 3. The fourth-order valence-corrected chi connectivity index (χ4v) is 5.64. The molecule has 1 saturated carbocycles. The van der Waals surface area contributed by atoms with Crippen molar-refractivity contribution in [1.29, 1.82) is 0 Å². The zero-order valence-corrected chi connectivity index (χ0v) is 26.6. The minimum Gasteiger partial charge on any atom is -0.390 e. The number of halogens is 3. The van der Waals surface area contributed by atoms with Crippen LogP contribution in [0.1, 0.15) is 77.7 Å². The molecule has 43 heavy (non-hydrogen) atoms. The van der Waals surface area contributed by atoms with E-state index in [1.54, 1.807) is 0 Å². The summed E-state index contributed by atoms with van der Waals surface area (Å²) in [6.45, 7) is 8.17. The molecule has 0 radical (unpaired) electrons. The molecule has 0 heterocycles. The number of rotatable bonds is 15. The second kappa shape index (κ2) is 15.8. The van der Waals surface area contributed by atoms with Crippen LogP contribution in [0, 0.1) is 18.6 Å². The van der Waals surface area contributed by atoms with Gasteiger partial charge in [-0.2, -0.15) is 0 Å². The van der Waals surface area contributed by atoms with Gasteiger partial charge in [-0.15, -0.1) is 12.4 Å². The van der Waals surface area contributed by atoms with Gasteiger partial charge in [0.1, 0.15) is 11.6 Å². The number of aliphatic hydroxyl groups is 1. The Bertz CT molecular complexity index is 1340. The molecule has 0 aliphatic heterocycles. The third kappa shape index (κ3) is 9.83. The molecule has 234 valence electrons. The van der Waals surface area contributed by atoms with E-state index in [1.807, 2.05) is 19.1 Å². The van der Waals surface area contributed by atoms with Crippen LogP contribution >= 0.6 is 12.4 Å². The van der Waals surface area contributed by atoms with Gasteiger partial charge < -0.3 is 20.6 Å². The smallest absolute Gasteiger partial charge is 0.251 e. The number of carbonyl (C=O) groups excluding carboxylic acids is 1. The quantitative estimate of drug-likeness (QED) is 0.184. The molecule has 0 aromatic heterocycles. The number of unbranched alkanes of at least 4 members (excludes halogenated alkanes) is 1. The summed E-state index contributed by atoms with van der Waals surface area (Å²) in [6, 6.07) is 16.8. The molecule has 0 spiro atoms. The number of nitrogens with zero attached hydrogens (tertiary/aromatic N) is 1. The molecular formula is C35H46ClF2N3O2. The molecule has 2 atom stereocenters. The van der Waals surface area contributed by atoms with Crippen molar-refractivity contribution in [2.24, 2.45) is 0 Å². The van der Waals surface area contributed by atoms with Gasteiger partial charge in [0.15, 0.2) is 0 Å². The molecule has 3 N–H and O–H groups in total. The van der Waals surface area contributed by atoms with E-state index >= 15 is 0 Å². The summed E-state index contributed by atoms with van der Waals surface area (Å²) in [4.78, 5) is 15.8. The van der Waals surface area contributed by atoms with E-state index in [-0.39, 0.29) is 36.8 Å². The van der Waals surface area contributed by atoms with Crippen LogP contribution < -0.4 is 10.6 Å². The van der Waals surface area contributed by atoms with Crippen LogP contribution in [0.4, 0.5) is 8.78 Å². The topological polar surface area (TPSA) is 64.6 Å². The molecule has 4 rings (SSSR count). The SMILES string of the molecule is CCCCN(C)Cc1cc(C)cc(C(=O)N[C@@H](Cc2cc(F)cc(F)c2)[C@@H](O)CNC2(c3cccc(CC)c3)CC2)c1.Cl. The number of aryl methyl sites for hydroxylation is 2. The number of carbonyl (C=O) groups is 1. The van der Waals surface area contributed by atoms with Crippen molar-refractivity contribution in [3.8, 4) is 0 Å². The van der Waals surface area contributed by atoms with Gasteiger partial charge in [0, 0.05) is 30.3 Å². The minimum atomic E-state index is -0.989. The molecule has 3 aromatic carbocycles. The van der Waals surface area contributed by atoms with Gasteiger partial charge in [0.25, 0.3) is 5.91 Å². The lowest BCUT2D eigenvalue weighted by Crippen LogP contribution is -2.50. The number of hydrogen-bond acceptors (Lipinski definition) is 4. The monoisotopic (exact) mass is 613 g/mol. The summed E-state index contributed by atoms with van der Waals surface area (Å²) in [6.07, 6.45) is 4.17. The van der Waals surface area contributed by atoms with Crippen LogP contribution in [0.5, 0.6) is 0 Å². The van der Waals surface area contributed by atoms with E-state index in [4.69, 9.17) is 0 Å². The highest BCUT2D eigenvalue weighted by molar-refractivity contribution is 5.94. The van der Waals surface area contributed by atoms with Crippen molar-refractivity contribution in [3.63, 3.8) is 0 Å². The van der Waals surface area contributed by atoms with Crippen LogP contribution in [0.15, 0.2) is 60.7 Å². The molecule has 0 unspecified atom stereocenters. The standard InChI is InChI=1S/C35H45F2N3O2.ClH/c1-5-7-13-40(4)23-27-14-24(3)15-28(16-27)34(42)39-32(20-26-18-30(36)21-31(37)19-26)33(41)22-38-35(11-12-35)29-10-8-9-25(6-2)17-29;/h8-10,14-19,21,32-33,38,41H,5-7,11-13,20,22-23H2,1-4H3,(H,39,42);1H/t32-,33-;/m0./s1. The van der Waals surface area contributed by atoms with Gasteiger partial charge in [0.2, 0.25) is 0 Å². The first-order valence-corrected chi connectivity index (χ1v) is 15.2. The average Bonchev–Trinajstić information content (AvgIpc) is 3.75.